The number of hydrogen-bond donors (Lipinski definition) is 2. The first-order valence-electron chi connectivity index (χ1n) is 6.19. The number of nitrogens with one attached hydrogen (secondary N) is 2. The van der Waals surface area contributed by atoms with Crippen LogP contribution < -0.4 is 14.8 Å². The molecule has 5 heteroatoms. The van der Waals surface area contributed by atoms with E-state index in [4.69, 9.17) is 9.47 Å². The van der Waals surface area contributed by atoms with Crippen LogP contribution in [0, 0.1) is 6.92 Å². The molecule has 5 nitrogen and oxygen atoms in total. The van der Waals surface area contributed by atoms with Crippen molar-refractivity contribution < 1.29 is 9.47 Å². The highest BCUT2D eigenvalue weighted by Crippen LogP contribution is 2.27. The Kier molecular flexibility index (Phi) is 4.28. The molecule has 0 aliphatic carbocycles. The molecule has 0 radical (unpaired) electrons. The smallest absolute Gasteiger partial charge is 0.200 e. The standard InChI is InChI=1S/C14H19N3O2/c1-10-9-16-14(17-10)15-7-6-11-4-5-12(18-2)13(8-11)19-3/h4-5,8-9H,6-7H2,1-3H3,(H2,15,16,17). The maximum absolute atomic E-state index is 5.28. The van der Waals surface area contributed by atoms with Crippen molar-refractivity contribution >= 4 is 5.95 Å². The Morgan fingerprint density at radius 2 is 2.00 bits per heavy atom. The van der Waals surface area contributed by atoms with Crippen molar-refractivity contribution in [2.45, 2.75) is 13.3 Å². The van der Waals surface area contributed by atoms with Gasteiger partial charge in [-0.05, 0) is 31.0 Å². The summed E-state index contributed by atoms with van der Waals surface area (Å²) in [6, 6.07) is 5.95. The van der Waals surface area contributed by atoms with E-state index >= 15 is 0 Å². The minimum absolute atomic E-state index is 0.751. The van der Waals surface area contributed by atoms with Crippen LogP contribution in [-0.2, 0) is 6.42 Å². The molecule has 1 aromatic carbocycles. The summed E-state index contributed by atoms with van der Waals surface area (Å²) in [6.45, 7) is 2.79. The molecule has 19 heavy (non-hydrogen) atoms. The van der Waals surface area contributed by atoms with Crippen molar-refractivity contribution in [2.24, 2.45) is 0 Å². The summed E-state index contributed by atoms with van der Waals surface area (Å²) in [6.07, 6.45) is 2.69. The van der Waals surface area contributed by atoms with Crippen LogP contribution in [0.25, 0.3) is 0 Å². The van der Waals surface area contributed by atoms with Gasteiger partial charge in [0.25, 0.3) is 0 Å². The number of anilines is 1. The lowest BCUT2D eigenvalue weighted by Crippen LogP contribution is -2.06. The lowest BCUT2D eigenvalue weighted by Gasteiger charge is -2.09. The molecule has 1 heterocycles. The molecule has 0 fully saturated rings. The Hall–Kier alpha value is -2.17. The van der Waals surface area contributed by atoms with Crippen molar-refractivity contribution in [2.75, 3.05) is 26.1 Å². The summed E-state index contributed by atoms with van der Waals surface area (Å²) in [4.78, 5) is 7.33. The summed E-state index contributed by atoms with van der Waals surface area (Å²) in [5.74, 6) is 2.31. The van der Waals surface area contributed by atoms with Crippen LogP contribution in [0.5, 0.6) is 11.5 Å². The van der Waals surface area contributed by atoms with E-state index in [0.29, 0.717) is 0 Å². The summed E-state index contributed by atoms with van der Waals surface area (Å²) < 4.78 is 10.5. The first-order chi connectivity index (χ1) is 9.22. The van der Waals surface area contributed by atoms with Crippen molar-refractivity contribution in [1.29, 1.82) is 0 Å². The molecule has 0 aliphatic rings. The van der Waals surface area contributed by atoms with Gasteiger partial charge in [-0.25, -0.2) is 4.98 Å². The average Bonchev–Trinajstić information content (AvgIpc) is 2.84. The Morgan fingerprint density at radius 1 is 1.21 bits per heavy atom. The number of benzene rings is 1. The normalized spacial score (nSPS) is 10.3. The number of aryl methyl sites for hydroxylation is 1. The van der Waals surface area contributed by atoms with E-state index in [1.54, 1.807) is 20.4 Å². The second-order valence-corrected chi connectivity index (χ2v) is 4.28. The molecule has 0 saturated carbocycles. The number of aromatic amines is 1. The zero-order valence-electron chi connectivity index (χ0n) is 11.5. The van der Waals surface area contributed by atoms with Crippen molar-refractivity contribution in [3.05, 3.63) is 35.7 Å². The Balaban J connectivity index is 1.92. The maximum Gasteiger partial charge on any atom is 0.200 e. The Morgan fingerprint density at radius 3 is 2.63 bits per heavy atom. The van der Waals surface area contributed by atoms with Crippen molar-refractivity contribution in [3.8, 4) is 11.5 Å². The average molecular weight is 261 g/mol. The summed E-state index contributed by atoms with van der Waals surface area (Å²) in [5, 5.41) is 3.24. The topological polar surface area (TPSA) is 59.2 Å². The molecule has 0 spiro atoms. The highest BCUT2D eigenvalue weighted by atomic mass is 16.5. The number of aromatic nitrogens is 2. The first kappa shape index (κ1) is 13.3. The van der Waals surface area contributed by atoms with Gasteiger partial charge in [-0.1, -0.05) is 6.07 Å². The molecule has 2 N–H and O–H groups in total. The van der Waals surface area contributed by atoms with Crippen molar-refractivity contribution in [1.82, 2.24) is 9.97 Å². The maximum atomic E-state index is 5.28. The molecule has 0 saturated heterocycles. The Labute approximate surface area is 113 Å². The number of H-pyrrole nitrogens is 1. The fourth-order valence-electron chi connectivity index (χ4n) is 1.86. The summed E-state index contributed by atoms with van der Waals surface area (Å²) in [5.41, 5.74) is 2.24. The Bertz CT molecular complexity index is 537. The fraction of sp³-hybridized carbons (Fsp3) is 0.357. The minimum atomic E-state index is 0.751. The largest absolute Gasteiger partial charge is 0.493 e. The van der Waals surface area contributed by atoms with E-state index in [1.807, 2.05) is 25.1 Å². The van der Waals surface area contributed by atoms with Gasteiger partial charge in [0, 0.05) is 18.4 Å². The molecule has 0 aliphatic heterocycles. The third-order valence-corrected chi connectivity index (χ3v) is 2.86. The highest BCUT2D eigenvalue weighted by Gasteiger charge is 2.04. The summed E-state index contributed by atoms with van der Waals surface area (Å²) >= 11 is 0. The van der Waals surface area contributed by atoms with Gasteiger partial charge in [0.05, 0.1) is 14.2 Å². The first-order valence-corrected chi connectivity index (χ1v) is 6.19. The van der Waals surface area contributed by atoms with Crippen LogP contribution in [0.15, 0.2) is 24.4 Å². The van der Waals surface area contributed by atoms with Crippen LogP contribution in [0.1, 0.15) is 11.3 Å². The van der Waals surface area contributed by atoms with Crippen LogP contribution in [-0.4, -0.2) is 30.7 Å². The zero-order chi connectivity index (χ0) is 13.7. The van der Waals surface area contributed by atoms with E-state index in [9.17, 15) is 0 Å². The van der Waals surface area contributed by atoms with E-state index in [-0.39, 0.29) is 0 Å². The van der Waals surface area contributed by atoms with E-state index in [0.717, 1.165) is 36.1 Å². The molecular formula is C14H19N3O2. The highest BCUT2D eigenvalue weighted by molar-refractivity contribution is 5.43. The van der Waals surface area contributed by atoms with Gasteiger partial charge in [-0.2, -0.15) is 0 Å². The predicted molar refractivity (Wildman–Crippen MR) is 75.1 cm³/mol. The molecule has 2 rings (SSSR count). The van der Waals surface area contributed by atoms with Crippen LogP contribution in [0.3, 0.4) is 0 Å². The van der Waals surface area contributed by atoms with Gasteiger partial charge in [0.1, 0.15) is 0 Å². The van der Waals surface area contributed by atoms with Gasteiger partial charge in [-0.3, -0.25) is 0 Å². The van der Waals surface area contributed by atoms with Crippen LogP contribution in [0.2, 0.25) is 0 Å². The second kappa shape index (κ2) is 6.13. The van der Waals surface area contributed by atoms with Crippen molar-refractivity contribution in [3.63, 3.8) is 0 Å². The lowest BCUT2D eigenvalue weighted by molar-refractivity contribution is 0.354. The number of imidazole rings is 1. The fourth-order valence-corrected chi connectivity index (χ4v) is 1.86. The quantitative estimate of drug-likeness (QED) is 0.838. The van der Waals surface area contributed by atoms with Gasteiger partial charge < -0.3 is 19.8 Å². The lowest BCUT2D eigenvalue weighted by atomic mass is 10.1. The molecular weight excluding hydrogens is 242 g/mol. The molecule has 1 aromatic heterocycles. The molecule has 0 unspecified atom stereocenters. The third-order valence-electron chi connectivity index (χ3n) is 2.86. The molecule has 0 atom stereocenters. The predicted octanol–water partition coefficient (Wildman–Crippen LogP) is 2.39. The third kappa shape index (κ3) is 3.40. The molecule has 102 valence electrons. The SMILES string of the molecule is COc1ccc(CCNc2ncc(C)[nH]2)cc1OC. The van der Waals surface area contributed by atoms with E-state index < -0.39 is 0 Å². The second-order valence-electron chi connectivity index (χ2n) is 4.28. The zero-order valence-corrected chi connectivity index (χ0v) is 11.5. The number of methoxy groups -OCH3 is 2. The number of ether oxygens (including phenoxy) is 2. The minimum Gasteiger partial charge on any atom is -0.493 e. The van der Waals surface area contributed by atoms with Gasteiger partial charge >= 0.3 is 0 Å². The number of nitrogens with zero attached hydrogens (tertiary/aromatic N) is 1. The summed E-state index contributed by atoms with van der Waals surface area (Å²) in [7, 11) is 3.28. The van der Waals surface area contributed by atoms with Gasteiger partial charge in [0.15, 0.2) is 17.4 Å². The van der Waals surface area contributed by atoms with E-state index in [2.05, 4.69) is 15.3 Å². The number of rotatable bonds is 6. The van der Waals surface area contributed by atoms with Gasteiger partial charge in [-0.15, -0.1) is 0 Å². The number of hydrogen-bond acceptors (Lipinski definition) is 4. The molecule has 0 amide bonds. The molecule has 0 bridgehead atoms. The molecule has 2 aromatic rings. The van der Waals surface area contributed by atoms with Crippen LogP contribution in [0.4, 0.5) is 5.95 Å². The monoisotopic (exact) mass is 261 g/mol. The van der Waals surface area contributed by atoms with Crippen LogP contribution >= 0.6 is 0 Å². The van der Waals surface area contributed by atoms with E-state index in [1.165, 1.54) is 5.56 Å². The van der Waals surface area contributed by atoms with Gasteiger partial charge in [0.2, 0.25) is 0 Å².